The topological polar surface area (TPSA) is 21.3 Å². The van der Waals surface area contributed by atoms with Crippen LogP contribution in [0.3, 0.4) is 0 Å². The molecule has 1 aromatic rings. The van der Waals surface area contributed by atoms with Crippen LogP contribution >= 0.6 is 11.3 Å². The molecule has 0 aliphatic rings. The van der Waals surface area contributed by atoms with Crippen LogP contribution in [0.25, 0.3) is 0 Å². The maximum absolute atomic E-state index is 5.56. The largest absolute Gasteiger partial charge is 0.379 e. The van der Waals surface area contributed by atoms with Crippen LogP contribution in [0.15, 0.2) is 11.4 Å². The van der Waals surface area contributed by atoms with Crippen LogP contribution in [-0.2, 0) is 4.74 Å². The number of aryl methyl sites for hydroxylation is 1. The molecule has 92 valence electrons. The van der Waals surface area contributed by atoms with Gasteiger partial charge < -0.3 is 10.1 Å². The van der Waals surface area contributed by atoms with Gasteiger partial charge in [0.05, 0.1) is 12.1 Å². The molecular weight excluding hydrogens is 218 g/mol. The third-order valence-corrected chi connectivity index (χ3v) is 3.68. The Morgan fingerprint density at radius 2 is 2.19 bits per heavy atom. The number of nitrogens with one attached hydrogen (secondary N) is 1. The molecule has 1 heterocycles. The predicted octanol–water partition coefficient (Wildman–Crippen LogP) is 3.52. The molecule has 0 aliphatic carbocycles. The van der Waals surface area contributed by atoms with Crippen LogP contribution in [0, 0.1) is 6.92 Å². The van der Waals surface area contributed by atoms with Crippen LogP contribution in [0.5, 0.6) is 0 Å². The second-order valence-electron chi connectivity index (χ2n) is 4.10. The average molecular weight is 241 g/mol. The van der Waals surface area contributed by atoms with Gasteiger partial charge in [0.2, 0.25) is 0 Å². The zero-order valence-electron chi connectivity index (χ0n) is 10.7. The molecule has 0 radical (unpaired) electrons. The second-order valence-corrected chi connectivity index (χ2v) is 5.22. The summed E-state index contributed by atoms with van der Waals surface area (Å²) in [6.45, 7) is 7.56. The summed E-state index contributed by atoms with van der Waals surface area (Å²) in [7, 11) is 1.80. The third-order valence-electron chi connectivity index (χ3n) is 2.80. The number of thiophene rings is 1. The number of hydrogen-bond acceptors (Lipinski definition) is 3. The van der Waals surface area contributed by atoms with Gasteiger partial charge in [0.1, 0.15) is 0 Å². The van der Waals surface area contributed by atoms with E-state index >= 15 is 0 Å². The smallest absolute Gasteiger partial charge is 0.0763 e. The Kier molecular flexibility index (Phi) is 6.03. The van der Waals surface area contributed by atoms with Crippen molar-refractivity contribution in [2.24, 2.45) is 0 Å². The summed E-state index contributed by atoms with van der Waals surface area (Å²) < 4.78 is 5.56. The number of ether oxygens (including phenoxy) is 1. The lowest BCUT2D eigenvalue weighted by atomic mass is 10.0. The Hall–Kier alpha value is -0.380. The summed E-state index contributed by atoms with van der Waals surface area (Å²) in [5.74, 6) is 0. The monoisotopic (exact) mass is 241 g/mol. The van der Waals surface area contributed by atoms with E-state index in [1.54, 1.807) is 7.11 Å². The molecule has 16 heavy (non-hydrogen) atoms. The van der Waals surface area contributed by atoms with Gasteiger partial charge in [-0.2, -0.15) is 0 Å². The number of rotatable bonds is 7. The molecule has 1 aromatic heterocycles. The molecular formula is C13H23NOS. The number of hydrogen-bond donors (Lipinski definition) is 1. The van der Waals surface area contributed by atoms with Gasteiger partial charge >= 0.3 is 0 Å². The quantitative estimate of drug-likeness (QED) is 0.788. The van der Waals surface area contributed by atoms with E-state index in [9.17, 15) is 0 Å². The first kappa shape index (κ1) is 13.7. The molecule has 0 fully saturated rings. The standard InChI is InChI=1S/C13H23NOS/c1-5-7-14-13(12(6-2)15-4)11-8-10(3)16-9-11/h8-9,12-14H,5-7H2,1-4H3. The summed E-state index contributed by atoms with van der Waals surface area (Å²) in [5, 5.41) is 5.82. The summed E-state index contributed by atoms with van der Waals surface area (Å²) >= 11 is 1.81. The fraction of sp³-hybridized carbons (Fsp3) is 0.692. The molecule has 0 bridgehead atoms. The van der Waals surface area contributed by atoms with Crippen LogP contribution in [0.1, 0.15) is 43.2 Å². The minimum absolute atomic E-state index is 0.264. The van der Waals surface area contributed by atoms with Crippen LogP contribution in [0.4, 0.5) is 0 Å². The molecule has 0 spiro atoms. The van der Waals surface area contributed by atoms with Crippen molar-refractivity contribution in [3.05, 3.63) is 21.9 Å². The van der Waals surface area contributed by atoms with Crippen molar-refractivity contribution in [2.45, 2.75) is 45.8 Å². The first-order valence-corrected chi connectivity index (χ1v) is 6.92. The highest BCUT2D eigenvalue weighted by atomic mass is 32.1. The van der Waals surface area contributed by atoms with E-state index in [2.05, 4.69) is 37.5 Å². The van der Waals surface area contributed by atoms with E-state index in [-0.39, 0.29) is 6.10 Å². The van der Waals surface area contributed by atoms with E-state index < -0.39 is 0 Å². The lowest BCUT2D eigenvalue weighted by Gasteiger charge is -2.25. The van der Waals surface area contributed by atoms with Crippen LogP contribution in [0.2, 0.25) is 0 Å². The fourth-order valence-electron chi connectivity index (χ4n) is 1.93. The zero-order valence-corrected chi connectivity index (χ0v) is 11.6. The van der Waals surface area contributed by atoms with Gasteiger partial charge in [-0.25, -0.2) is 0 Å². The van der Waals surface area contributed by atoms with Crippen molar-refractivity contribution >= 4 is 11.3 Å². The van der Waals surface area contributed by atoms with E-state index in [4.69, 9.17) is 4.74 Å². The van der Waals surface area contributed by atoms with Crippen molar-refractivity contribution in [3.63, 3.8) is 0 Å². The van der Waals surface area contributed by atoms with Gasteiger partial charge in [-0.15, -0.1) is 11.3 Å². The summed E-state index contributed by atoms with van der Waals surface area (Å²) in [5.41, 5.74) is 1.37. The molecule has 0 aromatic carbocycles. The normalized spacial score (nSPS) is 15.0. The van der Waals surface area contributed by atoms with Crippen LogP contribution in [-0.4, -0.2) is 19.8 Å². The highest BCUT2D eigenvalue weighted by Gasteiger charge is 2.21. The minimum atomic E-state index is 0.264. The maximum Gasteiger partial charge on any atom is 0.0763 e. The Morgan fingerprint density at radius 3 is 2.62 bits per heavy atom. The Balaban J connectivity index is 2.77. The lowest BCUT2D eigenvalue weighted by Crippen LogP contribution is -2.33. The lowest BCUT2D eigenvalue weighted by molar-refractivity contribution is 0.0652. The Bertz CT molecular complexity index is 294. The van der Waals surface area contributed by atoms with E-state index in [0.29, 0.717) is 6.04 Å². The molecule has 2 nitrogen and oxygen atoms in total. The van der Waals surface area contributed by atoms with Crippen LogP contribution < -0.4 is 5.32 Å². The minimum Gasteiger partial charge on any atom is -0.379 e. The van der Waals surface area contributed by atoms with E-state index in [0.717, 1.165) is 19.4 Å². The molecule has 0 amide bonds. The molecule has 2 unspecified atom stereocenters. The van der Waals surface area contributed by atoms with E-state index in [1.165, 1.54) is 10.4 Å². The molecule has 2 atom stereocenters. The third kappa shape index (κ3) is 3.58. The molecule has 0 aliphatic heterocycles. The number of methoxy groups -OCH3 is 1. The highest BCUT2D eigenvalue weighted by Crippen LogP contribution is 2.25. The van der Waals surface area contributed by atoms with Crippen molar-refractivity contribution in [2.75, 3.05) is 13.7 Å². The summed E-state index contributed by atoms with van der Waals surface area (Å²) in [6, 6.07) is 2.60. The molecule has 0 saturated carbocycles. The first-order valence-electron chi connectivity index (χ1n) is 6.04. The fourth-order valence-corrected chi connectivity index (χ4v) is 2.67. The predicted molar refractivity (Wildman–Crippen MR) is 71.2 cm³/mol. The van der Waals surface area contributed by atoms with E-state index in [1.807, 2.05) is 11.3 Å². The van der Waals surface area contributed by atoms with Crippen molar-refractivity contribution < 1.29 is 4.74 Å². The van der Waals surface area contributed by atoms with Crippen molar-refractivity contribution in [1.82, 2.24) is 5.32 Å². The van der Waals surface area contributed by atoms with Gasteiger partial charge in [-0.3, -0.25) is 0 Å². The highest BCUT2D eigenvalue weighted by molar-refractivity contribution is 7.10. The molecule has 0 saturated heterocycles. The van der Waals surface area contributed by atoms with Crippen molar-refractivity contribution in [3.8, 4) is 0 Å². The van der Waals surface area contributed by atoms with Gasteiger partial charge in [-0.05, 0) is 43.3 Å². The zero-order chi connectivity index (χ0) is 12.0. The Labute approximate surface area is 103 Å². The summed E-state index contributed by atoms with van der Waals surface area (Å²) in [6.07, 6.45) is 2.45. The van der Waals surface area contributed by atoms with Gasteiger partial charge in [-0.1, -0.05) is 13.8 Å². The molecule has 1 N–H and O–H groups in total. The average Bonchev–Trinajstić information content (AvgIpc) is 2.71. The van der Waals surface area contributed by atoms with Gasteiger partial charge in [0.15, 0.2) is 0 Å². The van der Waals surface area contributed by atoms with Gasteiger partial charge in [0.25, 0.3) is 0 Å². The first-order chi connectivity index (χ1) is 7.72. The summed E-state index contributed by atoms with van der Waals surface area (Å²) in [4.78, 5) is 1.37. The molecule has 3 heteroatoms. The van der Waals surface area contributed by atoms with Crippen molar-refractivity contribution in [1.29, 1.82) is 0 Å². The molecule has 1 rings (SSSR count). The second kappa shape index (κ2) is 7.05. The maximum atomic E-state index is 5.56. The Morgan fingerprint density at radius 1 is 1.44 bits per heavy atom. The van der Waals surface area contributed by atoms with Gasteiger partial charge in [0, 0.05) is 12.0 Å². The SMILES string of the molecule is CCCNC(c1csc(C)c1)C(CC)OC.